The van der Waals surface area contributed by atoms with Crippen LogP contribution >= 0.6 is 11.3 Å². The van der Waals surface area contributed by atoms with Crippen molar-refractivity contribution in [1.82, 2.24) is 0 Å². The number of nitrogens with zero attached hydrogens (tertiary/aromatic N) is 2. The molecule has 0 bridgehead atoms. The van der Waals surface area contributed by atoms with Crippen molar-refractivity contribution in [3.05, 3.63) is 10.4 Å². The molecule has 2 N–H and O–H groups in total. The largest absolute Gasteiger partial charge is 0.396 e. The van der Waals surface area contributed by atoms with Crippen molar-refractivity contribution in [3.63, 3.8) is 0 Å². The molecule has 1 saturated carbocycles. The van der Waals surface area contributed by atoms with Gasteiger partial charge in [-0.1, -0.05) is 0 Å². The highest BCUT2D eigenvalue weighted by Crippen LogP contribution is 2.43. The Morgan fingerprint density at radius 3 is 2.48 bits per heavy atom. The summed E-state index contributed by atoms with van der Waals surface area (Å²) in [5.41, 5.74) is 6.52. The molecule has 0 atom stereocenters. The lowest BCUT2D eigenvalue weighted by atomic mass is 10.1. The minimum atomic E-state index is -2.98. The zero-order valence-electron chi connectivity index (χ0n) is 11.3. The van der Waals surface area contributed by atoms with Gasteiger partial charge in [0.25, 0.3) is 0 Å². The summed E-state index contributed by atoms with van der Waals surface area (Å²) in [7, 11) is -2.98. The highest BCUT2D eigenvalue weighted by Gasteiger charge is 2.35. The van der Waals surface area contributed by atoms with Gasteiger partial charge in [0, 0.05) is 19.0 Å². The molecule has 21 heavy (non-hydrogen) atoms. The number of anilines is 2. The molecule has 2 heterocycles. The number of rotatable bonds is 3. The van der Waals surface area contributed by atoms with E-state index in [2.05, 4.69) is 6.07 Å². The molecular weight excluding hydrogens is 310 g/mol. The molecule has 8 heteroatoms. The molecule has 0 spiro atoms. The van der Waals surface area contributed by atoms with Gasteiger partial charge in [-0.3, -0.25) is 4.79 Å². The Labute approximate surface area is 127 Å². The summed E-state index contributed by atoms with van der Waals surface area (Å²) in [6.07, 6.45) is 1.77. The van der Waals surface area contributed by atoms with E-state index >= 15 is 0 Å². The normalized spacial score (nSPS) is 21.0. The average molecular weight is 325 g/mol. The van der Waals surface area contributed by atoms with Crippen LogP contribution in [0.4, 0.5) is 10.7 Å². The van der Waals surface area contributed by atoms with Crippen LogP contribution in [0, 0.1) is 17.2 Å². The maximum absolute atomic E-state index is 12.2. The molecule has 1 aliphatic heterocycles. The van der Waals surface area contributed by atoms with Crippen LogP contribution in [0.1, 0.15) is 28.1 Å². The van der Waals surface area contributed by atoms with Crippen LogP contribution in [0.15, 0.2) is 0 Å². The van der Waals surface area contributed by atoms with Gasteiger partial charge >= 0.3 is 0 Å². The van der Waals surface area contributed by atoms with E-state index in [-0.39, 0.29) is 28.9 Å². The number of carbonyl (C=O) groups is 1. The Balaban J connectivity index is 1.93. The molecule has 1 aromatic heterocycles. The van der Waals surface area contributed by atoms with Gasteiger partial charge in [-0.25, -0.2) is 8.42 Å². The molecule has 0 aromatic carbocycles. The van der Waals surface area contributed by atoms with Crippen molar-refractivity contribution in [2.75, 3.05) is 35.2 Å². The van der Waals surface area contributed by atoms with Crippen molar-refractivity contribution in [2.45, 2.75) is 12.8 Å². The van der Waals surface area contributed by atoms with Crippen LogP contribution in [0.25, 0.3) is 0 Å². The number of Topliss-reactive ketones (excluding diaryl/α,β-unsaturated/α-hetero) is 1. The van der Waals surface area contributed by atoms with Crippen molar-refractivity contribution < 1.29 is 13.2 Å². The summed E-state index contributed by atoms with van der Waals surface area (Å²) in [6.45, 7) is 0.683. The molecule has 3 rings (SSSR count). The number of hydrogen-bond acceptors (Lipinski definition) is 7. The first-order valence-corrected chi connectivity index (χ1v) is 9.38. The second-order valence-corrected chi connectivity index (χ2v) is 8.72. The molecule has 0 radical (unpaired) electrons. The number of thiophene rings is 1. The van der Waals surface area contributed by atoms with E-state index in [4.69, 9.17) is 5.73 Å². The van der Waals surface area contributed by atoms with Crippen molar-refractivity contribution in [3.8, 4) is 6.07 Å². The molecule has 0 unspecified atom stereocenters. The molecule has 112 valence electrons. The van der Waals surface area contributed by atoms with Gasteiger partial charge in [0.2, 0.25) is 0 Å². The smallest absolute Gasteiger partial charge is 0.178 e. The predicted octanol–water partition coefficient (Wildman–Crippen LogP) is 1.03. The van der Waals surface area contributed by atoms with Crippen LogP contribution in [-0.4, -0.2) is 38.8 Å². The Morgan fingerprint density at radius 1 is 1.33 bits per heavy atom. The zero-order chi connectivity index (χ0) is 15.2. The molecule has 6 nitrogen and oxygen atoms in total. The minimum absolute atomic E-state index is 0.0184. The summed E-state index contributed by atoms with van der Waals surface area (Å²) in [5.74, 6) is 0.209. The lowest BCUT2D eigenvalue weighted by Crippen LogP contribution is -2.40. The lowest BCUT2D eigenvalue weighted by molar-refractivity contribution is 0.0972. The second-order valence-electron chi connectivity index (χ2n) is 5.41. The molecule has 2 fully saturated rings. The Morgan fingerprint density at radius 2 is 1.95 bits per heavy atom. The Kier molecular flexibility index (Phi) is 3.42. The summed E-state index contributed by atoms with van der Waals surface area (Å²) in [4.78, 5) is 14.5. The van der Waals surface area contributed by atoms with Gasteiger partial charge in [0.15, 0.2) is 15.6 Å². The van der Waals surface area contributed by atoms with Crippen molar-refractivity contribution in [2.24, 2.45) is 5.92 Å². The maximum Gasteiger partial charge on any atom is 0.178 e. The predicted molar refractivity (Wildman–Crippen MR) is 81.4 cm³/mol. The lowest BCUT2D eigenvalue weighted by Gasteiger charge is -2.27. The number of carbonyl (C=O) groups excluding carboxylic acids is 1. The molecule has 1 aromatic rings. The fourth-order valence-electron chi connectivity index (χ4n) is 2.39. The SMILES string of the molecule is N#Cc1c(N2CCS(=O)(=O)CC2)sc(C(=O)C2CC2)c1N. The Bertz CT molecular complexity index is 727. The second kappa shape index (κ2) is 5.00. The van der Waals surface area contributed by atoms with E-state index in [9.17, 15) is 18.5 Å². The van der Waals surface area contributed by atoms with E-state index in [1.165, 1.54) is 11.3 Å². The van der Waals surface area contributed by atoms with Crippen LogP contribution in [0.5, 0.6) is 0 Å². The van der Waals surface area contributed by atoms with Gasteiger partial charge in [-0.15, -0.1) is 11.3 Å². The highest BCUT2D eigenvalue weighted by atomic mass is 32.2. The van der Waals surface area contributed by atoms with Crippen molar-refractivity contribution >= 4 is 37.6 Å². The third-order valence-corrected chi connectivity index (χ3v) is 6.73. The molecule has 1 aliphatic carbocycles. The van der Waals surface area contributed by atoms with Crippen LogP contribution < -0.4 is 10.6 Å². The number of nitrogens with two attached hydrogens (primary N) is 1. The van der Waals surface area contributed by atoms with E-state index in [1.807, 2.05) is 4.90 Å². The minimum Gasteiger partial charge on any atom is -0.396 e. The summed E-state index contributed by atoms with van der Waals surface area (Å²) >= 11 is 1.23. The first-order valence-electron chi connectivity index (χ1n) is 6.75. The fourth-order valence-corrected chi connectivity index (χ4v) is 4.83. The molecule has 0 amide bonds. The Hall–Kier alpha value is -1.59. The zero-order valence-corrected chi connectivity index (χ0v) is 13.0. The summed E-state index contributed by atoms with van der Waals surface area (Å²) in [6, 6.07) is 2.06. The first kappa shape index (κ1) is 14.4. The quantitative estimate of drug-likeness (QED) is 0.832. The number of hydrogen-bond donors (Lipinski definition) is 1. The summed E-state index contributed by atoms with van der Waals surface area (Å²) < 4.78 is 23.0. The van der Waals surface area contributed by atoms with Crippen LogP contribution in [0.3, 0.4) is 0 Å². The number of nitrogen functional groups attached to an aromatic ring is 1. The van der Waals surface area contributed by atoms with E-state index in [0.717, 1.165) is 12.8 Å². The van der Waals surface area contributed by atoms with Crippen LogP contribution in [0.2, 0.25) is 0 Å². The van der Waals surface area contributed by atoms with E-state index in [1.54, 1.807) is 0 Å². The third kappa shape index (κ3) is 2.63. The van der Waals surface area contributed by atoms with Gasteiger partial charge in [0.05, 0.1) is 22.1 Å². The topological polar surface area (TPSA) is 104 Å². The molecule has 2 aliphatic rings. The average Bonchev–Trinajstić information content (AvgIpc) is 3.23. The van der Waals surface area contributed by atoms with Gasteiger partial charge in [-0.2, -0.15) is 5.26 Å². The monoisotopic (exact) mass is 325 g/mol. The van der Waals surface area contributed by atoms with Crippen LogP contribution in [-0.2, 0) is 9.84 Å². The van der Waals surface area contributed by atoms with E-state index in [0.29, 0.717) is 28.5 Å². The standard InChI is InChI=1S/C13H15N3O3S2/c14-7-9-10(15)12(11(17)8-1-2-8)20-13(9)16-3-5-21(18,19)6-4-16/h8H,1-6,15H2. The fraction of sp³-hybridized carbons (Fsp3) is 0.538. The highest BCUT2D eigenvalue weighted by molar-refractivity contribution is 7.91. The third-order valence-electron chi connectivity index (χ3n) is 3.84. The van der Waals surface area contributed by atoms with Gasteiger partial charge in [-0.05, 0) is 12.8 Å². The summed E-state index contributed by atoms with van der Waals surface area (Å²) in [5, 5.41) is 9.94. The number of ketones is 1. The number of sulfone groups is 1. The number of nitriles is 1. The first-order chi connectivity index (χ1) is 9.93. The molecular formula is C13H15N3O3S2. The van der Waals surface area contributed by atoms with Gasteiger partial charge in [0.1, 0.15) is 16.6 Å². The van der Waals surface area contributed by atoms with E-state index < -0.39 is 9.84 Å². The van der Waals surface area contributed by atoms with Crippen molar-refractivity contribution in [1.29, 1.82) is 5.26 Å². The molecule has 1 saturated heterocycles. The maximum atomic E-state index is 12.2. The van der Waals surface area contributed by atoms with Gasteiger partial charge < -0.3 is 10.6 Å².